The van der Waals surface area contributed by atoms with Crippen LogP contribution in [0.15, 0.2) is 30.3 Å². The predicted octanol–water partition coefficient (Wildman–Crippen LogP) is 7.65. The average Bonchev–Trinajstić information content (AvgIpc) is 3.17. The summed E-state index contributed by atoms with van der Waals surface area (Å²) in [7, 11) is 0. The standard InChI is InChI=1S/C25H35NO2S/c1-4-17(5-2)23-16-21(22(6-3)29-23)24(18-10-8-7-9-11-18)26-20-14-12-19(13-15-20)25(27)28/h12-18,24,26H,4-11H2,1-3H3,(H,27,28). The van der Waals surface area contributed by atoms with Gasteiger partial charge in [-0.1, -0.05) is 40.0 Å². The second-order valence-electron chi connectivity index (χ2n) is 8.30. The van der Waals surface area contributed by atoms with Crippen LogP contribution in [0.1, 0.15) is 103 Å². The monoisotopic (exact) mass is 413 g/mol. The highest BCUT2D eigenvalue weighted by atomic mass is 32.1. The summed E-state index contributed by atoms with van der Waals surface area (Å²) in [6.45, 7) is 6.85. The van der Waals surface area contributed by atoms with Crippen LogP contribution in [-0.2, 0) is 6.42 Å². The number of hydrogen-bond acceptors (Lipinski definition) is 3. The molecule has 158 valence electrons. The molecule has 1 aliphatic carbocycles. The number of aromatic carboxylic acids is 1. The van der Waals surface area contributed by atoms with Gasteiger partial charge in [-0.05, 0) is 79.8 Å². The molecule has 1 aromatic heterocycles. The number of carboxylic acid groups (broad SMARTS) is 1. The van der Waals surface area contributed by atoms with E-state index in [9.17, 15) is 9.90 Å². The summed E-state index contributed by atoms with van der Waals surface area (Å²) in [6.07, 6.45) is 9.96. The molecule has 1 atom stereocenters. The number of carbonyl (C=O) groups is 1. The van der Waals surface area contributed by atoms with Gasteiger partial charge in [0.05, 0.1) is 11.6 Å². The molecular weight excluding hydrogens is 378 g/mol. The SMILES string of the molecule is CCc1sc(C(CC)CC)cc1C(Nc1ccc(C(=O)O)cc1)C1CCCCC1. The van der Waals surface area contributed by atoms with Gasteiger partial charge in [0.15, 0.2) is 0 Å². The van der Waals surface area contributed by atoms with E-state index in [1.54, 1.807) is 12.1 Å². The molecule has 0 amide bonds. The third-order valence-corrected chi connectivity index (χ3v) is 7.94. The zero-order valence-corrected chi connectivity index (χ0v) is 18.9. The summed E-state index contributed by atoms with van der Waals surface area (Å²) in [4.78, 5) is 14.2. The maximum absolute atomic E-state index is 11.2. The van der Waals surface area contributed by atoms with Gasteiger partial charge in [0, 0.05) is 15.4 Å². The number of rotatable bonds is 9. The molecule has 0 spiro atoms. The normalized spacial score (nSPS) is 16.1. The molecule has 0 bridgehead atoms. The third-order valence-electron chi connectivity index (χ3n) is 6.48. The van der Waals surface area contributed by atoms with Crippen LogP contribution >= 0.6 is 11.3 Å². The van der Waals surface area contributed by atoms with E-state index in [0.717, 1.165) is 12.1 Å². The molecule has 1 heterocycles. The molecule has 0 radical (unpaired) electrons. The smallest absolute Gasteiger partial charge is 0.335 e. The van der Waals surface area contributed by atoms with Crippen molar-refractivity contribution in [3.8, 4) is 0 Å². The molecule has 1 aliphatic rings. The fraction of sp³-hybridized carbons (Fsp3) is 0.560. The highest BCUT2D eigenvalue weighted by molar-refractivity contribution is 7.12. The molecule has 0 aliphatic heterocycles. The Hall–Kier alpha value is -1.81. The van der Waals surface area contributed by atoms with Gasteiger partial charge in [0.2, 0.25) is 0 Å². The molecule has 3 rings (SSSR count). The Labute approximate surface area is 179 Å². The molecule has 2 aromatic rings. The van der Waals surface area contributed by atoms with Crippen LogP contribution in [0, 0.1) is 5.92 Å². The molecule has 1 aromatic carbocycles. The van der Waals surface area contributed by atoms with Gasteiger partial charge in [-0.15, -0.1) is 11.3 Å². The molecule has 3 nitrogen and oxygen atoms in total. The average molecular weight is 414 g/mol. The van der Waals surface area contributed by atoms with Gasteiger partial charge in [-0.25, -0.2) is 4.79 Å². The summed E-state index contributed by atoms with van der Waals surface area (Å²) in [5, 5.41) is 13.0. The molecule has 1 fully saturated rings. The summed E-state index contributed by atoms with van der Waals surface area (Å²) < 4.78 is 0. The first-order valence-corrected chi connectivity index (χ1v) is 12.1. The number of nitrogens with one attached hydrogen (secondary N) is 1. The van der Waals surface area contributed by atoms with Crippen LogP contribution in [0.25, 0.3) is 0 Å². The zero-order valence-electron chi connectivity index (χ0n) is 18.0. The van der Waals surface area contributed by atoms with Gasteiger partial charge in [0.25, 0.3) is 0 Å². The number of aryl methyl sites for hydroxylation is 1. The molecule has 4 heteroatoms. The summed E-state index contributed by atoms with van der Waals surface area (Å²) >= 11 is 2.01. The van der Waals surface area contributed by atoms with Crippen LogP contribution < -0.4 is 5.32 Å². The van der Waals surface area contributed by atoms with Crippen molar-refractivity contribution in [2.45, 2.75) is 84.1 Å². The van der Waals surface area contributed by atoms with E-state index in [0.29, 0.717) is 23.4 Å². The fourth-order valence-electron chi connectivity index (χ4n) is 4.70. The lowest BCUT2D eigenvalue weighted by Gasteiger charge is -2.32. The van der Waals surface area contributed by atoms with Gasteiger partial charge in [0.1, 0.15) is 0 Å². The lowest BCUT2D eigenvalue weighted by molar-refractivity contribution is 0.0697. The van der Waals surface area contributed by atoms with Gasteiger partial charge in [-0.3, -0.25) is 0 Å². The number of anilines is 1. The Bertz CT molecular complexity index is 786. The summed E-state index contributed by atoms with van der Waals surface area (Å²) in [5.74, 6) is 0.416. The Morgan fingerprint density at radius 3 is 2.31 bits per heavy atom. The molecule has 1 saturated carbocycles. The second-order valence-corrected chi connectivity index (χ2v) is 9.47. The van der Waals surface area contributed by atoms with Crippen LogP contribution in [-0.4, -0.2) is 11.1 Å². The quantitative estimate of drug-likeness (QED) is 0.444. The lowest BCUT2D eigenvalue weighted by atomic mass is 9.80. The van der Waals surface area contributed by atoms with Crippen molar-refractivity contribution in [1.29, 1.82) is 0 Å². The van der Waals surface area contributed by atoms with E-state index in [2.05, 4.69) is 32.2 Å². The lowest BCUT2D eigenvalue weighted by Crippen LogP contribution is -2.23. The Balaban J connectivity index is 1.94. The first kappa shape index (κ1) is 21.9. The molecular formula is C25H35NO2S. The highest BCUT2D eigenvalue weighted by Crippen LogP contribution is 2.42. The minimum atomic E-state index is -0.874. The van der Waals surface area contributed by atoms with Crippen molar-refractivity contribution in [2.24, 2.45) is 5.92 Å². The minimum Gasteiger partial charge on any atom is -0.478 e. The van der Waals surface area contributed by atoms with Crippen LogP contribution in [0.3, 0.4) is 0 Å². The minimum absolute atomic E-state index is 0.306. The topological polar surface area (TPSA) is 49.3 Å². The number of thiophene rings is 1. The van der Waals surface area contributed by atoms with Crippen LogP contribution in [0.5, 0.6) is 0 Å². The zero-order chi connectivity index (χ0) is 20.8. The van der Waals surface area contributed by atoms with Gasteiger partial charge >= 0.3 is 5.97 Å². The Morgan fingerprint density at radius 2 is 1.76 bits per heavy atom. The third kappa shape index (κ3) is 5.22. The van der Waals surface area contributed by atoms with E-state index in [1.165, 1.54) is 60.3 Å². The molecule has 1 unspecified atom stereocenters. The number of carboxylic acids is 1. The van der Waals surface area contributed by atoms with Gasteiger partial charge < -0.3 is 10.4 Å². The fourth-order valence-corrected chi connectivity index (χ4v) is 6.12. The molecule has 2 N–H and O–H groups in total. The van der Waals surface area contributed by atoms with Crippen molar-refractivity contribution >= 4 is 23.0 Å². The second kappa shape index (κ2) is 10.3. The summed E-state index contributed by atoms with van der Waals surface area (Å²) in [6, 6.07) is 10.0. The maximum Gasteiger partial charge on any atom is 0.335 e. The van der Waals surface area contributed by atoms with Crippen molar-refractivity contribution in [3.05, 3.63) is 51.2 Å². The first-order valence-electron chi connectivity index (χ1n) is 11.3. The molecule has 0 saturated heterocycles. The summed E-state index contributed by atoms with van der Waals surface area (Å²) in [5.41, 5.74) is 2.84. The van der Waals surface area contributed by atoms with E-state index < -0.39 is 5.97 Å². The first-order chi connectivity index (χ1) is 14.1. The van der Waals surface area contributed by atoms with Crippen molar-refractivity contribution in [2.75, 3.05) is 5.32 Å². The van der Waals surface area contributed by atoms with E-state index >= 15 is 0 Å². The Kier molecular flexibility index (Phi) is 7.77. The van der Waals surface area contributed by atoms with Crippen molar-refractivity contribution < 1.29 is 9.90 Å². The van der Waals surface area contributed by atoms with Crippen molar-refractivity contribution in [1.82, 2.24) is 0 Å². The van der Waals surface area contributed by atoms with E-state index in [1.807, 2.05) is 23.5 Å². The van der Waals surface area contributed by atoms with Crippen LogP contribution in [0.4, 0.5) is 5.69 Å². The maximum atomic E-state index is 11.2. The van der Waals surface area contributed by atoms with Gasteiger partial charge in [-0.2, -0.15) is 0 Å². The predicted molar refractivity (Wildman–Crippen MR) is 123 cm³/mol. The van der Waals surface area contributed by atoms with Crippen LogP contribution in [0.2, 0.25) is 0 Å². The number of hydrogen-bond donors (Lipinski definition) is 2. The van der Waals surface area contributed by atoms with Crippen molar-refractivity contribution in [3.63, 3.8) is 0 Å². The largest absolute Gasteiger partial charge is 0.478 e. The molecule has 29 heavy (non-hydrogen) atoms. The number of benzene rings is 1. The van der Waals surface area contributed by atoms with E-state index in [-0.39, 0.29) is 0 Å². The van der Waals surface area contributed by atoms with E-state index in [4.69, 9.17) is 0 Å². The Morgan fingerprint density at radius 1 is 1.10 bits per heavy atom. The highest BCUT2D eigenvalue weighted by Gasteiger charge is 2.29.